The van der Waals surface area contributed by atoms with Crippen molar-refractivity contribution in [2.24, 2.45) is 5.92 Å². The van der Waals surface area contributed by atoms with Crippen LogP contribution in [-0.2, 0) is 6.54 Å². The molecule has 1 saturated heterocycles. The predicted molar refractivity (Wildman–Crippen MR) is 80.5 cm³/mol. The highest BCUT2D eigenvalue weighted by Crippen LogP contribution is 2.15. The zero-order chi connectivity index (χ0) is 13.7. The lowest BCUT2D eigenvalue weighted by atomic mass is 10.2. The summed E-state index contributed by atoms with van der Waals surface area (Å²) in [7, 11) is 1.98. The minimum Gasteiger partial charge on any atom is -0.354 e. The molecule has 0 unspecified atom stereocenters. The molecule has 4 heteroatoms. The van der Waals surface area contributed by atoms with Crippen LogP contribution in [0.15, 0.2) is 18.3 Å². The predicted octanol–water partition coefficient (Wildman–Crippen LogP) is 1.58. The van der Waals surface area contributed by atoms with Gasteiger partial charge in [-0.3, -0.25) is 4.90 Å². The smallest absolute Gasteiger partial charge is 0.128 e. The minimum atomic E-state index is 0.753. The molecule has 0 saturated carbocycles. The summed E-state index contributed by atoms with van der Waals surface area (Å²) in [5.74, 6) is 1.88. The van der Waals surface area contributed by atoms with E-state index in [1.165, 1.54) is 12.1 Å². The van der Waals surface area contributed by atoms with Gasteiger partial charge >= 0.3 is 0 Å². The number of hydrogen-bond acceptors (Lipinski definition) is 4. The molecule has 0 radical (unpaired) electrons. The number of anilines is 1. The third-order valence-corrected chi connectivity index (χ3v) is 3.51. The van der Waals surface area contributed by atoms with E-state index >= 15 is 0 Å². The van der Waals surface area contributed by atoms with E-state index in [0.29, 0.717) is 0 Å². The molecule has 0 aromatic carbocycles. The van der Waals surface area contributed by atoms with Crippen LogP contribution >= 0.6 is 0 Å². The van der Waals surface area contributed by atoms with Crippen molar-refractivity contribution in [3.8, 4) is 0 Å². The van der Waals surface area contributed by atoms with Crippen LogP contribution in [0.25, 0.3) is 0 Å². The molecule has 1 aliphatic rings. The molecule has 0 amide bonds. The van der Waals surface area contributed by atoms with Crippen molar-refractivity contribution in [1.82, 2.24) is 15.2 Å². The fraction of sp³-hybridized carbons (Fsp3) is 0.667. The highest BCUT2D eigenvalue weighted by atomic mass is 15.3. The molecule has 0 atom stereocenters. The van der Waals surface area contributed by atoms with Gasteiger partial charge in [-0.1, -0.05) is 13.8 Å². The summed E-state index contributed by atoms with van der Waals surface area (Å²) >= 11 is 0. The maximum Gasteiger partial charge on any atom is 0.128 e. The fourth-order valence-electron chi connectivity index (χ4n) is 2.62. The number of piperazine rings is 1. The molecule has 1 fully saturated rings. The molecule has 4 nitrogen and oxygen atoms in total. The largest absolute Gasteiger partial charge is 0.354 e. The first-order valence-corrected chi connectivity index (χ1v) is 7.26. The number of nitrogens with one attached hydrogen (secondary N) is 1. The number of rotatable bonds is 5. The normalized spacial score (nSPS) is 17.2. The lowest BCUT2D eigenvalue weighted by Gasteiger charge is -2.36. The standard InChI is InChI=1S/C15H26N4/c1-13(2)12-18-6-8-19(9-7-18)15-10-14(11-16-3)4-5-17-15/h4-5,10,13,16H,6-9,11-12H2,1-3H3. The Morgan fingerprint density at radius 1 is 1.26 bits per heavy atom. The van der Waals surface area contributed by atoms with E-state index in [-0.39, 0.29) is 0 Å². The van der Waals surface area contributed by atoms with Crippen molar-refractivity contribution in [2.75, 3.05) is 44.7 Å². The summed E-state index contributed by atoms with van der Waals surface area (Å²) in [4.78, 5) is 9.46. The first-order chi connectivity index (χ1) is 9.19. The average Bonchev–Trinajstić information content (AvgIpc) is 2.40. The monoisotopic (exact) mass is 262 g/mol. The quantitative estimate of drug-likeness (QED) is 0.873. The van der Waals surface area contributed by atoms with E-state index < -0.39 is 0 Å². The highest BCUT2D eigenvalue weighted by Gasteiger charge is 2.18. The number of nitrogens with zero attached hydrogens (tertiary/aromatic N) is 3. The van der Waals surface area contributed by atoms with Gasteiger partial charge in [-0.05, 0) is 30.7 Å². The van der Waals surface area contributed by atoms with Crippen molar-refractivity contribution in [3.63, 3.8) is 0 Å². The topological polar surface area (TPSA) is 31.4 Å². The second-order valence-corrected chi connectivity index (χ2v) is 5.73. The van der Waals surface area contributed by atoms with E-state index in [0.717, 1.165) is 44.5 Å². The third kappa shape index (κ3) is 4.18. The zero-order valence-corrected chi connectivity index (χ0v) is 12.4. The molecule has 1 aromatic heterocycles. The third-order valence-electron chi connectivity index (χ3n) is 3.51. The maximum absolute atomic E-state index is 4.51. The average molecular weight is 262 g/mol. The highest BCUT2D eigenvalue weighted by molar-refractivity contribution is 5.41. The van der Waals surface area contributed by atoms with Crippen LogP contribution in [0, 0.1) is 5.92 Å². The molecule has 106 valence electrons. The lowest BCUT2D eigenvalue weighted by Crippen LogP contribution is -2.47. The minimum absolute atomic E-state index is 0.753. The Labute approximate surface area is 116 Å². The van der Waals surface area contributed by atoms with Crippen LogP contribution in [0.4, 0.5) is 5.82 Å². The van der Waals surface area contributed by atoms with Gasteiger partial charge in [-0.15, -0.1) is 0 Å². The molecule has 1 N–H and O–H groups in total. The molecule has 2 rings (SSSR count). The van der Waals surface area contributed by atoms with Gasteiger partial charge in [-0.25, -0.2) is 4.98 Å². The van der Waals surface area contributed by atoms with E-state index in [1.54, 1.807) is 0 Å². The van der Waals surface area contributed by atoms with Gasteiger partial charge in [0.2, 0.25) is 0 Å². The van der Waals surface area contributed by atoms with Crippen molar-refractivity contribution in [2.45, 2.75) is 20.4 Å². The van der Waals surface area contributed by atoms with Crippen LogP contribution in [0.5, 0.6) is 0 Å². The Morgan fingerprint density at radius 3 is 2.63 bits per heavy atom. The van der Waals surface area contributed by atoms with Gasteiger partial charge in [0.15, 0.2) is 0 Å². The Morgan fingerprint density at radius 2 is 2.00 bits per heavy atom. The number of pyridine rings is 1. The number of hydrogen-bond donors (Lipinski definition) is 1. The molecule has 1 aromatic rings. The summed E-state index contributed by atoms with van der Waals surface area (Å²) in [6.07, 6.45) is 1.92. The maximum atomic E-state index is 4.51. The van der Waals surface area contributed by atoms with E-state index in [9.17, 15) is 0 Å². The van der Waals surface area contributed by atoms with Crippen molar-refractivity contribution < 1.29 is 0 Å². The van der Waals surface area contributed by atoms with Gasteiger partial charge in [0.1, 0.15) is 5.82 Å². The molecule has 19 heavy (non-hydrogen) atoms. The second kappa shape index (κ2) is 6.87. The zero-order valence-electron chi connectivity index (χ0n) is 12.4. The SMILES string of the molecule is CNCc1ccnc(N2CCN(CC(C)C)CC2)c1. The van der Waals surface area contributed by atoms with Gasteiger partial charge in [0.05, 0.1) is 0 Å². The summed E-state index contributed by atoms with van der Waals surface area (Å²) in [5.41, 5.74) is 1.30. The molecule has 1 aliphatic heterocycles. The molecule has 0 spiro atoms. The first kappa shape index (κ1) is 14.3. The molecule has 2 heterocycles. The summed E-state index contributed by atoms with van der Waals surface area (Å²) < 4.78 is 0. The van der Waals surface area contributed by atoms with Crippen LogP contribution in [0.3, 0.4) is 0 Å². The van der Waals surface area contributed by atoms with Gasteiger partial charge in [0.25, 0.3) is 0 Å². The first-order valence-electron chi connectivity index (χ1n) is 7.26. The van der Waals surface area contributed by atoms with Crippen molar-refractivity contribution >= 4 is 5.82 Å². The van der Waals surface area contributed by atoms with Crippen molar-refractivity contribution in [1.29, 1.82) is 0 Å². The second-order valence-electron chi connectivity index (χ2n) is 5.73. The molecular formula is C15H26N4. The van der Waals surface area contributed by atoms with E-state index in [4.69, 9.17) is 0 Å². The van der Waals surface area contributed by atoms with Crippen LogP contribution in [-0.4, -0.2) is 49.7 Å². The Balaban J connectivity index is 1.92. The van der Waals surface area contributed by atoms with Crippen LogP contribution in [0.2, 0.25) is 0 Å². The lowest BCUT2D eigenvalue weighted by molar-refractivity contribution is 0.231. The summed E-state index contributed by atoms with van der Waals surface area (Å²) in [6, 6.07) is 4.28. The summed E-state index contributed by atoms with van der Waals surface area (Å²) in [6.45, 7) is 11.2. The Hall–Kier alpha value is -1.13. The van der Waals surface area contributed by atoms with Crippen LogP contribution in [0.1, 0.15) is 19.4 Å². The van der Waals surface area contributed by atoms with Crippen molar-refractivity contribution in [3.05, 3.63) is 23.9 Å². The molecule has 0 aliphatic carbocycles. The molecular weight excluding hydrogens is 236 g/mol. The Kier molecular flexibility index (Phi) is 5.16. The Bertz CT molecular complexity index is 383. The summed E-state index contributed by atoms with van der Waals surface area (Å²) in [5, 5.41) is 3.19. The van der Waals surface area contributed by atoms with Gasteiger partial charge in [-0.2, -0.15) is 0 Å². The fourth-order valence-corrected chi connectivity index (χ4v) is 2.62. The molecule has 0 bridgehead atoms. The van der Waals surface area contributed by atoms with E-state index in [2.05, 4.69) is 46.1 Å². The van der Waals surface area contributed by atoms with E-state index in [1.807, 2.05) is 13.2 Å². The van der Waals surface area contributed by atoms with Gasteiger partial charge < -0.3 is 10.2 Å². The van der Waals surface area contributed by atoms with Gasteiger partial charge in [0, 0.05) is 45.5 Å². The number of aromatic nitrogens is 1. The van der Waals surface area contributed by atoms with Crippen LogP contribution < -0.4 is 10.2 Å².